The first-order valence-corrected chi connectivity index (χ1v) is 9.42. The Kier molecular flexibility index (Phi) is 5.50. The highest BCUT2D eigenvalue weighted by Crippen LogP contribution is 2.23. The Labute approximate surface area is 165 Å². The SMILES string of the molecule is Cc1cc(C)c(NC(=O)c2c(C)n(Cc3ccccc3)c(C)cc2=O)c(C)c1. The Morgan fingerprint density at radius 3 is 2.14 bits per heavy atom. The summed E-state index contributed by atoms with van der Waals surface area (Å²) in [7, 11) is 0. The number of pyridine rings is 1. The summed E-state index contributed by atoms with van der Waals surface area (Å²) in [4.78, 5) is 25.7. The highest BCUT2D eigenvalue weighted by molar-refractivity contribution is 6.05. The van der Waals surface area contributed by atoms with Gasteiger partial charge in [0.1, 0.15) is 5.56 Å². The van der Waals surface area contributed by atoms with Crippen LogP contribution in [0.4, 0.5) is 5.69 Å². The molecule has 28 heavy (non-hydrogen) atoms. The first-order chi connectivity index (χ1) is 13.3. The van der Waals surface area contributed by atoms with Gasteiger partial charge < -0.3 is 9.88 Å². The van der Waals surface area contributed by atoms with Crippen LogP contribution in [0.15, 0.2) is 53.3 Å². The van der Waals surface area contributed by atoms with Gasteiger partial charge in [0.25, 0.3) is 5.91 Å². The molecule has 1 amide bonds. The Balaban J connectivity index is 2.01. The minimum Gasteiger partial charge on any atom is -0.344 e. The van der Waals surface area contributed by atoms with Gasteiger partial charge in [0.15, 0.2) is 5.43 Å². The number of nitrogens with zero attached hydrogens (tertiary/aromatic N) is 1. The van der Waals surface area contributed by atoms with E-state index in [1.165, 1.54) is 0 Å². The lowest BCUT2D eigenvalue weighted by atomic mass is 10.0. The van der Waals surface area contributed by atoms with Gasteiger partial charge in [-0.2, -0.15) is 0 Å². The predicted molar refractivity (Wildman–Crippen MR) is 114 cm³/mol. The molecule has 144 valence electrons. The van der Waals surface area contributed by atoms with Crippen molar-refractivity contribution in [2.24, 2.45) is 0 Å². The highest BCUT2D eigenvalue weighted by Gasteiger charge is 2.19. The molecular formula is C24H26N2O2. The number of hydrogen-bond donors (Lipinski definition) is 1. The van der Waals surface area contributed by atoms with E-state index in [2.05, 4.69) is 5.32 Å². The first kappa shape index (κ1) is 19.6. The van der Waals surface area contributed by atoms with E-state index in [1.54, 1.807) is 6.07 Å². The molecule has 0 aliphatic heterocycles. The molecular weight excluding hydrogens is 348 g/mol. The van der Waals surface area contributed by atoms with Crippen molar-refractivity contribution in [2.75, 3.05) is 5.32 Å². The number of anilines is 1. The Morgan fingerprint density at radius 2 is 1.54 bits per heavy atom. The summed E-state index contributed by atoms with van der Waals surface area (Å²) >= 11 is 0. The van der Waals surface area contributed by atoms with Gasteiger partial charge in [-0.3, -0.25) is 9.59 Å². The summed E-state index contributed by atoms with van der Waals surface area (Å²) in [5.74, 6) is -0.362. The molecule has 3 rings (SSSR count). The zero-order chi connectivity index (χ0) is 20.4. The van der Waals surface area contributed by atoms with Gasteiger partial charge in [0.05, 0.1) is 0 Å². The van der Waals surface area contributed by atoms with E-state index in [9.17, 15) is 9.59 Å². The van der Waals surface area contributed by atoms with Crippen LogP contribution in [0.2, 0.25) is 0 Å². The molecule has 1 N–H and O–H groups in total. The minimum absolute atomic E-state index is 0.195. The van der Waals surface area contributed by atoms with E-state index in [0.717, 1.165) is 33.6 Å². The van der Waals surface area contributed by atoms with E-state index in [4.69, 9.17) is 0 Å². The van der Waals surface area contributed by atoms with Crippen LogP contribution >= 0.6 is 0 Å². The monoisotopic (exact) mass is 374 g/mol. The fourth-order valence-corrected chi connectivity index (χ4v) is 3.76. The van der Waals surface area contributed by atoms with Gasteiger partial charge >= 0.3 is 0 Å². The third-order valence-corrected chi connectivity index (χ3v) is 5.10. The molecule has 0 spiro atoms. The number of rotatable bonds is 4. The fourth-order valence-electron chi connectivity index (χ4n) is 3.76. The largest absolute Gasteiger partial charge is 0.344 e. The number of benzene rings is 2. The van der Waals surface area contributed by atoms with Crippen molar-refractivity contribution >= 4 is 11.6 Å². The summed E-state index contributed by atoms with van der Waals surface area (Å²) in [6.45, 7) is 10.3. The average molecular weight is 374 g/mol. The van der Waals surface area contributed by atoms with Gasteiger partial charge in [0.2, 0.25) is 0 Å². The number of amides is 1. The molecule has 1 aromatic heterocycles. The normalized spacial score (nSPS) is 10.8. The predicted octanol–water partition coefficient (Wildman–Crippen LogP) is 4.69. The van der Waals surface area contributed by atoms with Crippen LogP contribution in [0.25, 0.3) is 0 Å². The highest BCUT2D eigenvalue weighted by atomic mass is 16.2. The molecule has 4 heteroatoms. The van der Waals surface area contributed by atoms with Crippen LogP contribution in [-0.4, -0.2) is 10.5 Å². The second-order valence-electron chi connectivity index (χ2n) is 7.41. The second-order valence-corrected chi connectivity index (χ2v) is 7.41. The Morgan fingerprint density at radius 1 is 0.929 bits per heavy atom. The number of aromatic nitrogens is 1. The molecule has 0 saturated heterocycles. The summed E-state index contributed by atoms with van der Waals surface area (Å²) < 4.78 is 2.01. The lowest BCUT2D eigenvalue weighted by Gasteiger charge is -2.19. The third kappa shape index (κ3) is 3.91. The van der Waals surface area contributed by atoms with Crippen molar-refractivity contribution in [3.05, 3.63) is 98.0 Å². The zero-order valence-corrected chi connectivity index (χ0v) is 17.1. The van der Waals surface area contributed by atoms with E-state index in [1.807, 2.05) is 81.7 Å². The number of carbonyl (C=O) groups excluding carboxylic acids is 1. The molecule has 4 nitrogen and oxygen atoms in total. The smallest absolute Gasteiger partial charge is 0.261 e. The second kappa shape index (κ2) is 7.85. The zero-order valence-electron chi connectivity index (χ0n) is 17.1. The summed E-state index contributed by atoms with van der Waals surface area (Å²) in [6, 6.07) is 15.6. The molecule has 0 unspecified atom stereocenters. The molecule has 0 fully saturated rings. The number of aryl methyl sites for hydroxylation is 4. The maximum absolute atomic E-state index is 13.0. The molecule has 0 atom stereocenters. The lowest BCUT2D eigenvalue weighted by Crippen LogP contribution is -2.27. The molecule has 2 aromatic carbocycles. The minimum atomic E-state index is -0.362. The van der Waals surface area contributed by atoms with E-state index >= 15 is 0 Å². The van der Waals surface area contributed by atoms with Crippen molar-refractivity contribution < 1.29 is 4.79 Å². The van der Waals surface area contributed by atoms with Crippen molar-refractivity contribution in [1.82, 2.24) is 4.57 Å². The maximum atomic E-state index is 13.0. The summed E-state index contributed by atoms with van der Waals surface area (Å²) in [6.07, 6.45) is 0. The molecule has 0 bridgehead atoms. The fraction of sp³-hybridized carbons (Fsp3) is 0.250. The van der Waals surface area contributed by atoms with Gasteiger partial charge in [-0.25, -0.2) is 0 Å². The number of nitrogens with one attached hydrogen (secondary N) is 1. The van der Waals surface area contributed by atoms with Crippen LogP contribution < -0.4 is 10.7 Å². The van der Waals surface area contributed by atoms with Crippen molar-refractivity contribution in [3.63, 3.8) is 0 Å². The molecule has 1 heterocycles. The van der Waals surface area contributed by atoms with E-state index < -0.39 is 0 Å². The van der Waals surface area contributed by atoms with Crippen LogP contribution in [0.1, 0.15) is 44.0 Å². The van der Waals surface area contributed by atoms with Gasteiger partial charge in [0, 0.05) is 29.7 Å². The van der Waals surface area contributed by atoms with Crippen molar-refractivity contribution in [2.45, 2.75) is 41.2 Å². The van der Waals surface area contributed by atoms with Crippen LogP contribution in [-0.2, 0) is 6.54 Å². The van der Waals surface area contributed by atoms with E-state index in [0.29, 0.717) is 12.2 Å². The third-order valence-electron chi connectivity index (χ3n) is 5.10. The van der Waals surface area contributed by atoms with Gasteiger partial charge in [-0.15, -0.1) is 0 Å². The van der Waals surface area contributed by atoms with Crippen LogP contribution in [0.5, 0.6) is 0 Å². The van der Waals surface area contributed by atoms with Crippen molar-refractivity contribution in [3.8, 4) is 0 Å². The van der Waals surface area contributed by atoms with Crippen LogP contribution in [0.3, 0.4) is 0 Å². The van der Waals surface area contributed by atoms with E-state index in [-0.39, 0.29) is 16.9 Å². The van der Waals surface area contributed by atoms with Crippen LogP contribution in [0, 0.1) is 34.6 Å². The molecule has 0 aliphatic carbocycles. The first-order valence-electron chi connectivity index (χ1n) is 9.42. The topological polar surface area (TPSA) is 51.1 Å². The summed E-state index contributed by atoms with van der Waals surface area (Å²) in [5.41, 5.74) is 6.46. The standard InChI is InChI=1S/C24H26N2O2/c1-15-11-16(2)23(17(3)12-15)25-24(28)22-19(5)26(18(4)13-21(22)27)14-20-9-7-6-8-10-20/h6-13H,14H2,1-5H3,(H,25,28). The lowest BCUT2D eigenvalue weighted by molar-refractivity contribution is 0.102. The average Bonchev–Trinajstić information content (AvgIpc) is 2.62. The number of carbonyl (C=O) groups is 1. The Bertz CT molecular complexity index is 1070. The number of hydrogen-bond acceptors (Lipinski definition) is 2. The molecule has 0 saturated carbocycles. The maximum Gasteiger partial charge on any atom is 0.261 e. The molecule has 0 radical (unpaired) electrons. The Hall–Kier alpha value is -3.14. The van der Waals surface area contributed by atoms with Gasteiger partial charge in [-0.1, -0.05) is 48.0 Å². The van der Waals surface area contributed by atoms with Gasteiger partial charge in [-0.05, 0) is 51.3 Å². The molecule has 3 aromatic rings. The van der Waals surface area contributed by atoms with Crippen molar-refractivity contribution in [1.29, 1.82) is 0 Å². The quantitative estimate of drug-likeness (QED) is 0.720. The molecule has 0 aliphatic rings. The summed E-state index contributed by atoms with van der Waals surface area (Å²) in [5, 5.41) is 2.96.